The smallest absolute Gasteiger partial charge is 0.252 e. The number of ether oxygens (including phenoxy) is 3. The lowest BCUT2D eigenvalue weighted by molar-refractivity contribution is 0.225. The van der Waals surface area contributed by atoms with Gasteiger partial charge in [-0.05, 0) is 53.1 Å². The van der Waals surface area contributed by atoms with Gasteiger partial charge in [-0.2, -0.15) is 0 Å². The molecule has 0 bridgehead atoms. The standard InChI is InChI=1S/C28H34N6O4/c1-36-23-11-9-19(10-12-23)16-33(18-27-30-31-32-34(27)22-7-5-4-6-8-22)17-21-13-20-14-25(37-2)26(38-3)15-24(20)29-28(21)35/h9-15,22H,4-8,16-18H2,1-3H3,(H,29,35). The van der Waals surface area contributed by atoms with Crippen molar-refractivity contribution in [2.24, 2.45) is 0 Å². The molecule has 0 atom stereocenters. The molecule has 38 heavy (non-hydrogen) atoms. The number of methoxy groups -OCH3 is 3. The maximum Gasteiger partial charge on any atom is 0.252 e. The molecule has 1 aliphatic rings. The average molecular weight is 519 g/mol. The highest BCUT2D eigenvalue weighted by Crippen LogP contribution is 2.31. The van der Waals surface area contributed by atoms with Crippen molar-refractivity contribution in [2.75, 3.05) is 21.3 Å². The summed E-state index contributed by atoms with van der Waals surface area (Å²) in [5, 5.41) is 13.6. The zero-order valence-electron chi connectivity index (χ0n) is 22.1. The van der Waals surface area contributed by atoms with Crippen LogP contribution in [0, 0.1) is 0 Å². The topological polar surface area (TPSA) is 107 Å². The fraction of sp³-hybridized carbons (Fsp3) is 0.429. The Morgan fingerprint density at radius 1 is 0.921 bits per heavy atom. The maximum atomic E-state index is 13.2. The van der Waals surface area contributed by atoms with Crippen LogP contribution in [0.1, 0.15) is 55.1 Å². The maximum absolute atomic E-state index is 13.2. The van der Waals surface area contributed by atoms with Crippen molar-refractivity contribution >= 4 is 10.9 Å². The van der Waals surface area contributed by atoms with E-state index < -0.39 is 0 Å². The van der Waals surface area contributed by atoms with E-state index in [0.717, 1.165) is 35.4 Å². The fourth-order valence-corrected chi connectivity index (χ4v) is 5.22. The molecule has 10 heteroatoms. The van der Waals surface area contributed by atoms with Crippen LogP contribution >= 0.6 is 0 Å². The van der Waals surface area contributed by atoms with E-state index in [1.54, 1.807) is 27.4 Å². The molecule has 0 amide bonds. The number of aromatic nitrogens is 5. The third kappa shape index (κ3) is 5.65. The minimum atomic E-state index is -0.142. The Labute approximate surface area is 221 Å². The van der Waals surface area contributed by atoms with Gasteiger partial charge in [0.1, 0.15) is 5.75 Å². The largest absolute Gasteiger partial charge is 0.497 e. The average Bonchev–Trinajstić information content (AvgIpc) is 3.41. The second-order valence-electron chi connectivity index (χ2n) is 9.74. The highest BCUT2D eigenvalue weighted by Gasteiger charge is 2.22. The Bertz CT molecular complexity index is 1430. The van der Waals surface area contributed by atoms with Crippen LogP contribution in [-0.2, 0) is 19.6 Å². The number of pyridine rings is 1. The van der Waals surface area contributed by atoms with Gasteiger partial charge >= 0.3 is 0 Å². The Morgan fingerprint density at radius 3 is 2.37 bits per heavy atom. The molecule has 0 unspecified atom stereocenters. The molecule has 2 heterocycles. The summed E-state index contributed by atoms with van der Waals surface area (Å²) in [7, 11) is 4.83. The van der Waals surface area contributed by atoms with E-state index in [-0.39, 0.29) is 5.56 Å². The molecule has 4 aromatic rings. The summed E-state index contributed by atoms with van der Waals surface area (Å²) in [4.78, 5) is 18.4. The number of hydrogen-bond donors (Lipinski definition) is 1. The van der Waals surface area contributed by atoms with Gasteiger partial charge < -0.3 is 19.2 Å². The molecule has 0 aliphatic heterocycles. The Kier molecular flexibility index (Phi) is 7.88. The number of tetrazole rings is 1. The summed E-state index contributed by atoms with van der Waals surface area (Å²) in [5.74, 6) is 2.80. The van der Waals surface area contributed by atoms with Crippen LogP contribution in [0.2, 0.25) is 0 Å². The van der Waals surface area contributed by atoms with E-state index in [9.17, 15) is 4.79 Å². The predicted octanol–water partition coefficient (Wildman–Crippen LogP) is 4.25. The molecule has 1 N–H and O–H groups in total. The Balaban J connectivity index is 1.46. The number of H-pyrrole nitrogens is 1. The molecule has 1 saturated carbocycles. The second-order valence-corrected chi connectivity index (χ2v) is 9.74. The normalized spacial score (nSPS) is 14.2. The van der Waals surface area contributed by atoms with Crippen LogP contribution in [-0.4, -0.2) is 51.4 Å². The van der Waals surface area contributed by atoms with Crippen molar-refractivity contribution in [3.05, 3.63) is 69.8 Å². The van der Waals surface area contributed by atoms with E-state index in [1.165, 1.54) is 19.3 Å². The van der Waals surface area contributed by atoms with E-state index in [1.807, 2.05) is 41.1 Å². The Morgan fingerprint density at radius 2 is 1.66 bits per heavy atom. The molecule has 0 radical (unpaired) electrons. The van der Waals surface area contributed by atoms with Crippen LogP contribution in [0.5, 0.6) is 17.2 Å². The molecule has 0 spiro atoms. The lowest BCUT2D eigenvalue weighted by Gasteiger charge is -2.25. The lowest BCUT2D eigenvalue weighted by Crippen LogP contribution is -2.29. The van der Waals surface area contributed by atoms with Crippen molar-refractivity contribution in [2.45, 2.75) is 57.8 Å². The molecular weight excluding hydrogens is 484 g/mol. The summed E-state index contributed by atoms with van der Waals surface area (Å²) in [6.45, 7) is 1.55. The number of aromatic amines is 1. The van der Waals surface area contributed by atoms with Crippen molar-refractivity contribution in [3.8, 4) is 17.2 Å². The van der Waals surface area contributed by atoms with Crippen molar-refractivity contribution in [1.82, 2.24) is 30.1 Å². The first-order valence-electron chi connectivity index (χ1n) is 13.0. The quantitative estimate of drug-likeness (QED) is 0.332. The van der Waals surface area contributed by atoms with Gasteiger partial charge in [-0.1, -0.05) is 31.4 Å². The van der Waals surface area contributed by atoms with E-state index >= 15 is 0 Å². The third-order valence-electron chi connectivity index (χ3n) is 7.23. The van der Waals surface area contributed by atoms with Gasteiger partial charge in [-0.25, -0.2) is 4.68 Å². The van der Waals surface area contributed by atoms with Crippen LogP contribution in [0.15, 0.2) is 47.3 Å². The number of fused-ring (bicyclic) bond motifs is 1. The minimum Gasteiger partial charge on any atom is -0.497 e. The lowest BCUT2D eigenvalue weighted by atomic mass is 9.95. The summed E-state index contributed by atoms with van der Waals surface area (Å²) >= 11 is 0. The van der Waals surface area contributed by atoms with Crippen molar-refractivity contribution in [1.29, 1.82) is 0 Å². The SMILES string of the molecule is COc1ccc(CN(Cc2cc3cc(OC)c(OC)cc3[nH]c2=O)Cc2nnnn2C2CCCCC2)cc1. The number of hydrogen-bond acceptors (Lipinski definition) is 8. The number of rotatable bonds is 10. The van der Waals surface area contributed by atoms with Gasteiger partial charge in [0.2, 0.25) is 0 Å². The van der Waals surface area contributed by atoms with Crippen LogP contribution in [0.25, 0.3) is 10.9 Å². The van der Waals surface area contributed by atoms with Crippen LogP contribution < -0.4 is 19.8 Å². The molecule has 2 aromatic carbocycles. The highest BCUT2D eigenvalue weighted by molar-refractivity contribution is 5.83. The summed E-state index contributed by atoms with van der Waals surface area (Å²) in [5.41, 5.74) is 2.30. The molecular formula is C28H34N6O4. The van der Waals surface area contributed by atoms with Crippen molar-refractivity contribution < 1.29 is 14.2 Å². The first-order valence-corrected chi connectivity index (χ1v) is 13.0. The summed E-state index contributed by atoms with van der Waals surface area (Å²) in [6.07, 6.45) is 5.83. The molecule has 0 saturated heterocycles. The Hall–Kier alpha value is -3.92. The van der Waals surface area contributed by atoms with E-state index in [0.29, 0.717) is 48.3 Å². The molecule has 10 nitrogen and oxygen atoms in total. The molecule has 200 valence electrons. The minimum absolute atomic E-state index is 0.142. The van der Waals surface area contributed by atoms with Gasteiger partial charge in [-0.3, -0.25) is 9.69 Å². The molecule has 1 aliphatic carbocycles. The molecule has 1 fully saturated rings. The van der Waals surface area contributed by atoms with Crippen LogP contribution in [0.4, 0.5) is 0 Å². The first-order chi connectivity index (χ1) is 18.6. The van der Waals surface area contributed by atoms with Crippen LogP contribution in [0.3, 0.4) is 0 Å². The second kappa shape index (κ2) is 11.6. The first kappa shape index (κ1) is 25.7. The molecule has 5 rings (SSSR count). The van der Waals surface area contributed by atoms with E-state index in [4.69, 9.17) is 14.2 Å². The van der Waals surface area contributed by atoms with Gasteiger partial charge in [-0.15, -0.1) is 5.10 Å². The van der Waals surface area contributed by atoms with Gasteiger partial charge in [0.05, 0.1) is 39.4 Å². The molecule has 2 aromatic heterocycles. The number of nitrogens with zero attached hydrogens (tertiary/aromatic N) is 5. The predicted molar refractivity (Wildman–Crippen MR) is 144 cm³/mol. The zero-order valence-corrected chi connectivity index (χ0v) is 22.1. The zero-order chi connectivity index (χ0) is 26.5. The highest BCUT2D eigenvalue weighted by atomic mass is 16.5. The van der Waals surface area contributed by atoms with Gasteiger partial charge in [0.25, 0.3) is 5.56 Å². The summed E-state index contributed by atoms with van der Waals surface area (Å²) < 4.78 is 18.2. The monoisotopic (exact) mass is 518 g/mol. The fourth-order valence-electron chi connectivity index (χ4n) is 5.22. The van der Waals surface area contributed by atoms with Crippen molar-refractivity contribution in [3.63, 3.8) is 0 Å². The van der Waals surface area contributed by atoms with Gasteiger partial charge in [0.15, 0.2) is 17.3 Å². The van der Waals surface area contributed by atoms with E-state index in [2.05, 4.69) is 25.4 Å². The summed E-state index contributed by atoms with van der Waals surface area (Å²) in [6, 6.07) is 13.9. The number of nitrogens with one attached hydrogen (secondary N) is 1. The van der Waals surface area contributed by atoms with Gasteiger partial charge in [0, 0.05) is 30.1 Å². The number of benzene rings is 2. The third-order valence-corrected chi connectivity index (χ3v) is 7.23.